The summed E-state index contributed by atoms with van der Waals surface area (Å²) < 4.78 is 1.91. The second-order valence-corrected chi connectivity index (χ2v) is 5.55. The topological polar surface area (TPSA) is 46.9 Å². The van der Waals surface area contributed by atoms with Crippen molar-refractivity contribution in [1.82, 2.24) is 14.9 Å². The molecule has 0 aliphatic carbocycles. The van der Waals surface area contributed by atoms with Gasteiger partial charge in [-0.1, -0.05) is 13.3 Å². The van der Waals surface area contributed by atoms with Crippen molar-refractivity contribution in [2.75, 3.05) is 0 Å². The summed E-state index contributed by atoms with van der Waals surface area (Å²) in [6.45, 7) is 8.65. The van der Waals surface area contributed by atoms with Gasteiger partial charge >= 0.3 is 0 Å². The number of rotatable bonds is 5. The minimum Gasteiger partial charge on any atom is -0.352 e. The van der Waals surface area contributed by atoms with Crippen molar-refractivity contribution >= 4 is 16.9 Å². The Balaban J connectivity index is 2.14. The molecule has 0 saturated heterocycles. The van der Waals surface area contributed by atoms with Gasteiger partial charge in [0.1, 0.15) is 6.54 Å². The van der Waals surface area contributed by atoms with Crippen molar-refractivity contribution in [2.45, 2.75) is 53.1 Å². The lowest BCUT2D eigenvalue weighted by atomic mass is 10.1. The third-order valence-corrected chi connectivity index (χ3v) is 3.68. The van der Waals surface area contributed by atoms with E-state index >= 15 is 0 Å². The highest BCUT2D eigenvalue weighted by molar-refractivity contribution is 5.81. The first-order valence-electron chi connectivity index (χ1n) is 7.22. The molecule has 4 heteroatoms. The van der Waals surface area contributed by atoms with Crippen LogP contribution >= 0.6 is 0 Å². The number of carbonyl (C=O) groups is 1. The number of carbonyl (C=O) groups excluding carboxylic acids is 1. The number of hydrogen-bond acceptors (Lipinski definition) is 2. The van der Waals surface area contributed by atoms with Crippen molar-refractivity contribution < 1.29 is 4.79 Å². The Kier molecular flexibility index (Phi) is 4.42. The molecule has 0 fully saturated rings. The van der Waals surface area contributed by atoms with Crippen LogP contribution in [0.2, 0.25) is 0 Å². The van der Waals surface area contributed by atoms with Gasteiger partial charge in [0, 0.05) is 6.04 Å². The lowest BCUT2D eigenvalue weighted by Gasteiger charge is -2.13. The summed E-state index contributed by atoms with van der Waals surface area (Å²) in [4.78, 5) is 16.4. The van der Waals surface area contributed by atoms with Crippen molar-refractivity contribution in [2.24, 2.45) is 0 Å². The Morgan fingerprint density at radius 3 is 2.75 bits per heavy atom. The van der Waals surface area contributed by atoms with Crippen LogP contribution in [0.4, 0.5) is 0 Å². The summed E-state index contributed by atoms with van der Waals surface area (Å²) in [6.07, 6.45) is 3.83. The zero-order valence-electron chi connectivity index (χ0n) is 12.7. The molecule has 0 radical (unpaired) electrons. The summed E-state index contributed by atoms with van der Waals surface area (Å²) in [7, 11) is 0. The number of imidazole rings is 1. The lowest BCUT2D eigenvalue weighted by Crippen LogP contribution is -2.34. The van der Waals surface area contributed by atoms with E-state index < -0.39 is 0 Å². The van der Waals surface area contributed by atoms with Gasteiger partial charge in [-0.2, -0.15) is 0 Å². The maximum absolute atomic E-state index is 12.0. The molecule has 1 amide bonds. The third-order valence-electron chi connectivity index (χ3n) is 3.68. The summed E-state index contributed by atoms with van der Waals surface area (Å²) in [5.41, 5.74) is 4.41. The normalized spacial score (nSPS) is 12.6. The molecule has 1 aromatic heterocycles. The number of nitrogens with one attached hydrogen (secondary N) is 1. The first-order valence-corrected chi connectivity index (χ1v) is 7.22. The fourth-order valence-electron chi connectivity index (χ4n) is 2.42. The summed E-state index contributed by atoms with van der Waals surface area (Å²) in [5.74, 6) is 0.0449. The number of amides is 1. The number of fused-ring (bicyclic) bond motifs is 1. The summed E-state index contributed by atoms with van der Waals surface area (Å²) in [5, 5.41) is 3.02. The fraction of sp³-hybridized carbons (Fsp3) is 0.500. The minimum absolute atomic E-state index is 0.0449. The number of aromatic nitrogens is 2. The second kappa shape index (κ2) is 6.07. The largest absolute Gasteiger partial charge is 0.352 e. The highest BCUT2D eigenvalue weighted by atomic mass is 16.2. The van der Waals surface area contributed by atoms with E-state index in [4.69, 9.17) is 0 Å². The van der Waals surface area contributed by atoms with Crippen molar-refractivity contribution in [3.63, 3.8) is 0 Å². The molecular weight excluding hydrogens is 250 g/mol. The molecule has 1 atom stereocenters. The van der Waals surface area contributed by atoms with Gasteiger partial charge < -0.3 is 9.88 Å². The minimum atomic E-state index is 0.0449. The molecule has 1 heterocycles. The van der Waals surface area contributed by atoms with E-state index in [-0.39, 0.29) is 11.9 Å². The molecule has 0 spiro atoms. The van der Waals surface area contributed by atoms with Crippen LogP contribution < -0.4 is 5.32 Å². The molecule has 0 aliphatic heterocycles. The molecule has 0 saturated carbocycles. The number of nitrogens with zero attached hydrogens (tertiary/aromatic N) is 2. The van der Waals surface area contributed by atoms with Crippen LogP contribution in [0.15, 0.2) is 18.5 Å². The van der Waals surface area contributed by atoms with Crippen LogP contribution in [0, 0.1) is 13.8 Å². The SMILES string of the molecule is CCCC(C)NC(=O)Cn1cnc2cc(C)c(C)cc21. The predicted octanol–water partition coefficient (Wildman–Crippen LogP) is 2.96. The Morgan fingerprint density at radius 2 is 2.05 bits per heavy atom. The first-order chi connectivity index (χ1) is 9.51. The van der Waals surface area contributed by atoms with Crippen molar-refractivity contribution in [1.29, 1.82) is 0 Å². The molecule has 108 valence electrons. The average Bonchev–Trinajstić information content (AvgIpc) is 2.72. The zero-order valence-corrected chi connectivity index (χ0v) is 12.7. The molecule has 1 N–H and O–H groups in total. The molecule has 1 unspecified atom stereocenters. The Hall–Kier alpha value is -1.84. The monoisotopic (exact) mass is 273 g/mol. The molecule has 0 aliphatic rings. The van der Waals surface area contributed by atoms with Gasteiger partial charge in [0.25, 0.3) is 0 Å². The summed E-state index contributed by atoms with van der Waals surface area (Å²) >= 11 is 0. The smallest absolute Gasteiger partial charge is 0.240 e. The van der Waals surface area contributed by atoms with Crippen LogP contribution in [-0.4, -0.2) is 21.5 Å². The Bertz CT molecular complexity index is 615. The summed E-state index contributed by atoms with van der Waals surface area (Å²) in [6, 6.07) is 4.39. The van der Waals surface area contributed by atoms with Crippen LogP contribution in [0.3, 0.4) is 0 Å². The number of benzene rings is 1. The highest BCUT2D eigenvalue weighted by Crippen LogP contribution is 2.18. The van der Waals surface area contributed by atoms with Gasteiger partial charge in [-0.25, -0.2) is 4.98 Å². The molecule has 2 rings (SSSR count). The van der Waals surface area contributed by atoms with E-state index in [9.17, 15) is 4.79 Å². The van der Waals surface area contributed by atoms with Crippen LogP contribution in [0.1, 0.15) is 37.8 Å². The van der Waals surface area contributed by atoms with Crippen molar-refractivity contribution in [3.8, 4) is 0 Å². The van der Waals surface area contributed by atoms with E-state index in [0.717, 1.165) is 23.9 Å². The van der Waals surface area contributed by atoms with E-state index in [1.807, 2.05) is 11.5 Å². The van der Waals surface area contributed by atoms with Gasteiger partial charge in [-0.3, -0.25) is 4.79 Å². The molecule has 0 bridgehead atoms. The molecular formula is C16H23N3O. The quantitative estimate of drug-likeness (QED) is 0.910. The maximum Gasteiger partial charge on any atom is 0.240 e. The third kappa shape index (κ3) is 3.18. The Labute approximate surface area is 120 Å². The predicted molar refractivity (Wildman–Crippen MR) is 81.7 cm³/mol. The molecule has 20 heavy (non-hydrogen) atoms. The fourth-order valence-corrected chi connectivity index (χ4v) is 2.42. The van der Waals surface area contributed by atoms with E-state index in [0.29, 0.717) is 6.54 Å². The molecule has 1 aromatic carbocycles. The van der Waals surface area contributed by atoms with Crippen molar-refractivity contribution in [3.05, 3.63) is 29.6 Å². The first kappa shape index (κ1) is 14.6. The van der Waals surface area contributed by atoms with Gasteiger partial charge in [-0.05, 0) is 50.5 Å². The highest BCUT2D eigenvalue weighted by Gasteiger charge is 2.10. The maximum atomic E-state index is 12.0. The standard InChI is InChI=1S/C16H23N3O/c1-5-6-13(4)18-16(20)9-19-10-17-14-7-11(2)12(3)8-15(14)19/h7-8,10,13H,5-6,9H2,1-4H3,(H,18,20). The van der Waals surface area contributed by atoms with Gasteiger partial charge in [0.05, 0.1) is 17.4 Å². The van der Waals surface area contributed by atoms with Crippen LogP contribution in [-0.2, 0) is 11.3 Å². The number of aryl methyl sites for hydroxylation is 2. The van der Waals surface area contributed by atoms with E-state index in [1.165, 1.54) is 11.1 Å². The van der Waals surface area contributed by atoms with E-state index in [2.05, 4.69) is 43.2 Å². The Morgan fingerprint density at radius 1 is 1.35 bits per heavy atom. The van der Waals surface area contributed by atoms with Gasteiger partial charge in [-0.15, -0.1) is 0 Å². The number of hydrogen-bond donors (Lipinski definition) is 1. The average molecular weight is 273 g/mol. The van der Waals surface area contributed by atoms with E-state index in [1.54, 1.807) is 6.33 Å². The molecule has 4 nitrogen and oxygen atoms in total. The lowest BCUT2D eigenvalue weighted by molar-refractivity contribution is -0.122. The van der Waals surface area contributed by atoms with Gasteiger partial charge in [0.2, 0.25) is 5.91 Å². The zero-order chi connectivity index (χ0) is 14.7. The molecule has 2 aromatic rings. The second-order valence-electron chi connectivity index (χ2n) is 5.55. The van der Waals surface area contributed by atoms with Crippen LogP contribution in [0.5, 0.6) is 0 Å². The van der Waals surface area contributed by atoms with Gasteiger partial charge in [0.15, 0.2) is 0 Å². The van der Waals surface area contributed by atoms with Crippen LogP contribution in [0.25, 0.3) is 11.0 Å².